The third-order valence-electron chi connectivity index (χ3n) is 3.01. The maximum atomic E-state index is 5.64. The van der Waals surface area contributed by atoms with E-state index >= 15 is 0 Å². The average molecular weight is 332 g/mol. The van der Waals surface area contributed by atoms with E-state index in [-0.39, 0.29) is 5.25 Å². The topological polar surface area (TPSA) is 91.8 Å². The molecule has 0 radical (unpaired) electrons. The molecule has 8 nitrogen and oxygen atoms in total. The quantitative estimate of drug-likeness (QED) is 0.636. The van der Waals surface area contributed by atoms with Gasteiger partial charge in [0.1, 0.15) is 11.4 Å². The predicted molar refractivity (Wildman–Crippen MR) is 83.6 cm³/mol. The number of ether oxygens (including phenoxy) is 1. The second-order valence-corrected chi connectivity index (χ2v) is 6.02. The van der Waals surface area contributed by atoms with Crippen molar-refractivity contribution in [1.82, 2.24) is 30.3 Å². The van der Waals surface area contributed by atoms with E-state index in [1.807, 2.05) is 38.1 Å². The molecule has 2 heterocycles. The number of hydrogen-bond donors (Lipinski definition) is 0. The standard InChI is InChI=1S/C14H16N6O2S/c1-4-21-12-8-6-5-7-11(12)20-14(16-18-19-20)23-9(2)13-15-10(3)17-22-13/h5-9H,4H2,1-3H3. The van der Waals surface area contributed by atoms with Gasteiger partial charge in [-0.15, -0.1) is 5.10 Å². The Morgan fingerprint density at radius 2 is 2.17 bits per heavy atom. The van der Waals surface area contributed by atoms with Crippen LogP contribution in [-0.4, -0.2) is 37.0 Å². The van der Waals surface area contributed by atoms with E-state index < -0.39 is 0 Å². The molecule has 0 saturated heterocycles. The lowest BCUT2D eigenvalue weighted by molar-refractivity contribution is 0.337. The minimum atomic E-state index is -0.0693. The number of aromatic nitrogens is 6. The number of hydrogen-bond acceptors (Lipinski definition) is 8. The molecule has 1 atom stereocenters. The monoisotopic (exact) mass is 332 g/mol. The third kappa shape index (κ3) is 3.34. The van der Waals surface area contributed by atoms with Crippen LogP contribution < -0.4 is 4.74 Å². The lowest BCUT2D eigenvalue weighted by atomic mass is 10.3. The maximum Gasteiger partial charge on any atom is 0.239 e. The number of para-hydroxylation sites is 2. The van der Waals surface area contributed by atoms with Gasteiger partial charge in [-0.25, -0.2) is 0 Å². The van der Waals surface area contributed by atoms with Gasteiger partial charge in [0.05, 0.1) is 11.9 Å². The molecule has 3 aromatic rings. The van der Waals surface area contributed by atoms with Gasteiger partial charge in [-0.2, -0.15) is 9.67 Å². The maximum absolute atomic E-state index is 5.64. The van der Waals surface area contributed by atoms with Gasteiger partial charge in [0, 0.05) is 0 Å². The summed E-state index contributed by atoms with van der Waals surface area (Å²) in [4.78, 5) is 4.24. The summed E-state index contributed by atoms with van der Waals surface area (Å²) in [5.74, 6) is 1.87. The van der Waals surface area contributed by atoms with Crippen molar-refractivity contribution in [2.45, 2.75) is 31.2 Å². The second kappa shape index (κ2) is 6.78. The fraction of sp³-hybridized carbons (Fsp3) is 0.357. The fourth-order valence-electron chi connectivity index (χ4n) is 2.00. The van der Waals surface area contributed by atoms with Crippen molar-refractivity contribution in [1.29, 1.82) is 0 Å². The smallest absolute Gasteiger partial charge is 0.239 e. The van der Waals surface area contributed by atoms with Crippen molar-refractivity contribution in [2.24, 2.45) is 0 Å². The molecule has 0 fully saturated rings. The Morgan fingerprint density at radius 3 is 2.91 bits per heavy atom. The Hall–Kier alpha value is -2.42. The van der Waals surface area contributed by atoms with Gasteiger partial charge in [-0.3, -0.25) is 0 Å². The van der Waals surface area contributed by atoms with E-state index in [0.29, 0.717) is 23.5 Å². The van der Waals surface area contributed by atoms with Gasteiger partial charge in [-0.05, 0) is 43.3 Å². The Balaban J connectivity index is 1.88. The summed E-state index contributed by atoms with van der Waals surface area (Å²) in [6, 6.07) is 7.63. The van der Waals surface area contributed by atoms with Gasteiger partial charge >= 0.3 is 0 Å². The van der Waals surface area contributed by atoms with E-state index in [4.69, 9.17) is 9.26 Å². The molecule has 9 heteroatoms. The van der Waals surface area contributed by atoms with Gasteiger partial charge < -0.3 is 9.26 Å². The average Bonchev–Trinajstić information content (AvgIpc) is 3.17. The van der Waals surface area contributed by atoms with E-state index in [0.717, 1.165) is 11.4 Å². The van der Waals surface area contributed by atoms with Crippen LogP contribution in [0.4, 0.5) is 0 Å². The summed E-state index contributed by atoms with van der Waals surface area (Å²) < 4.78 is 12.5. The molecule has 0 amide bonds. The molecular formula is C14H16N6O2S. The first kappa shape index (κ1) is 15.5. The van der Waals surface area contributed by atoms with E-state index in [9.17, 15) is 0 Å². The first-order valence-electron chi connectivity index (χ1n) is 7.16. The molecule has 23 heavy (non-hydrogen) atoms. The lowest BCUT2D eigenvalue weighted by Gasteiger charge is -2.11. The normalized spacial score (nSPS) is 12.3. The van der Waals surface area contributed by atoms with Crippen molar-refractivity contribution < 1.29 is 9.26 Å². The van der Waals surface area contributed by atoms with Gasteiger partial charge in [0.25, 0.3) is 0 Å². The molecule has 0 bridgehead atoms. The molecule has 0 aliphatic carbocycles. The molecule has 0 N–H and O–H groups in total. The minimum absolute atomic E-state index is 0.0693. The zero-order valence-corrected chi connectivity index (χ0v) is 13.8. The van der Waals surface area contributed by atoms with Crippen LogP contribution >= 0.6 is 11.8 Å². The number of benzene rings is 1. The Morgan fingerprint density at radius 1 is 1.35 bits per heavy atom. The van der Waals surface area contributed by atoms with Crippen LogP contribution in [0, 0.1) is 6.92 Å². The summed E-state index contributed by atoms with van der Waals surface area (Å²) in [5, 5.41) is 16.3. The molecule has 1 aromatic carbocycles. The van der Waals surface area contributed by atoms with Crippen molar-refractivity contribution in [3.05, 3.63) is 36.0 Å². The largest absolute Gasteiger partial charge is 0.492 e. The van der Waals surface area contributed by atoms with Crippen molar-refractivity contribution in [3.63, 3.8) is 0 Å². The first-order chi connectivity index (χ1) is 11.2. The van der Waals surface area contributed by atoms with Crippen LogP contribution in [0.5, 0.6) is 5.75 Å². The zero-order valence-electron chi connectivity index (χ0n) is 13.0. The van der Waals surface area contributed by atoms with Crippen LogP contribution in [0.15, 0.2) is 33.9 Å². The van der Waals surface area contributed by atoms with Crippen molar-refractivity contribution in [3.8, 4) is 11.4 Å². The summed E-state index contributed by atoms with van der Waals surface area (Å²) in [6.07, 6.45) is 0. The minimum Gasteiger partial charge on any atom is -0.492 e. The summed E-state index contributed by atoms with van der Waals surface area (Å²) >= 11 is 1.44. The highest BCUT2D eigenvalue weighted by Crippen LogP contribution is 2.34. The van der Waals surface area contributed by atoms with Gasteiger partial charge in [-0.1, -0.05) is 29.1 Å². The van der Waals surface area contributed by atoms with Crippen LogP contribution in [-0.2, 0) is 0 Å². The number of rotatable bonds is 6. The van der Waals surface area contributed by atoms with Crippen molar-refractivity contribution >= 4 is 11.8 Å². The summed E-state index contributed by atoms with van der Waals surface area (Å²) in [6.45, 7) is 6.25. The van der Waals surface area contributed by atoms with E-state index in [2.05, 4.69) is 25.7 Å². The molecule has 1 unspecified atom stereocenters. The first-order valence-corrected chi connectivity index (χ1v) is 8.04. The molecule has 0 aliphatic rings. The Bertz CT molecular complexity index is 787. The van der Waals surface area contributed by atoms with E-state index in [1.165, 1.54) is 11.8 Å². The summed E-state index contributed by atoms with van der Waals surface area (Å²) in [7, 11) is 0. The predicted octanol–water partition coefficient (Wildman–Crippen LogP) is 2.61. The van der Waals surface area contributed by atoms with Crippen molar-refractivity contribution in [2.75, 3.05) is 6.61 Å². The molecule has 3 rings (SSSR count). The SMILES string of the molecule is CCOc1ccccc1-n1nnnc1SC(C)c1nc(C)no1. The fourth-order valence-corrected chi connectivity index (χ4v) is 2.83. The highest BCUT2D eigenvalue weighted by molar-refractivity contribution is 7.99. The number of nitrogens with zero attached hydrogens (tertiary/aromatic N) is 6. The van der Waals surface area contributed by atoms with Crippen LogP contribution in [0.2, 0.25) is 0 Å². The lowest BCUT2D eigenvalue weighted by Crippen LogP contribution is -2.04. The molecule has 2 aromatic heterocycles. The van der Waals surface area contributed by atoms with Crippen LogP contribution in [0.3, 0.4) is 0 Å². The Kier molecular flexibility index (Phi) is 4.56. The molecular weight excluding hydrogens is 316 g/mol. The number of tetrazole rings is 1. The highest BCUT2D eigenvalue weighted by atomic mass is 32.2. The zero-order chi connectivity index (χ0) is 16.2. The van der Waals surface area contributed by atoms with Crippen LogP contribution in [0.1, 0.15) is 30.8 Å². The van der Waals surface area contributed by atoms with Gasteiger partial charge in [0.2, 0.25) is 11.0 Å². The number of aryl methyl sites for hydroxylation is 1. The summed E-state index contributed by atoms with van der Waals surface area (Å²) in [5.41, 5.74) is 0.788. The third-order valence-corrected chi connectivity index (χ3v) is 4.03. The molecule has 0 aliphatic heterocycles. The number of thioether (sulfide) groups is 1. The molecule has 0 saturated carbocycles. The van der Waals surface area contributed by atoms with Crippen LogP contribution in [0.25, 0.3) is 5.69 Å². The molecule has 0 spiro atoms. The highest BCUT2D eigenvalue weighted by Gasteiger charge is 2.20. The second-order valence-electron chi connectivity index (χ2n) is 4.71. The molecule has 120 valence electrons. The van der Waals surface area contributed by atoms with E-state index in [1.54, 1.807) is 11.6 Å². The van der Waals surface area contributed by atoms with Gasteiger partial charge in [0.15, 0.2) is 5.82 Å². The Labute approximate surface area is 137 Å².